The lowest BCUT2D eigenvalue weighted by molar-refractivity contribution is -0.00439. The molecule has 0 saturated carbocycles. The van der Waals surface area contributed by atoms with Crippen LogP contribution in [-0.4, -0.2) is 47.9 Å². The minimum atomic E-state index is -0.692. The van der Waals surface area contributed by atoms with E-state index in [1.54, 1.807) is 6.92 Å². The average molecular weight is 314 g/mol. The molecule has 2 rings (SSSR count). The lowest BCUT2D eigenvalue weighted by Crippen LogP contribution is -2.53. The molecule has 1 aliphatic heterocycles. The quantitative estimate of drug-likeness (QED) is 0.888. The number of ether oxygens (including phenoxy) is 1. The average Bonchev–Trinajstić information content (AvgIpc) is 2.46. The van der Waals surface area contributed by atoms with Crippen LogP contribution in [0.4, 0.5) is 13.6 Å². The van der Waals surface area contributed by atoms with Gasteiger partial charge in [0.2, 0.25) is 0 Å². The number of carbonyl (C=O) groups is 1. The van der Waals surface area contributed by atoms with E-state index < -0.39 is 23.8 Å². The molecular weight excluding hydrogens is 294 g/mol. The number of amides is 2. The predicted molar refractivity (Wildman–Crippen MR) is 76.2 cm³/mol. The lowest BCUT2D eigenvalue weighted by atomic mass is 10.1. The van der Waals surface area contributed by atoms with Crippen LogP contribution in [0.2, 0.25) is 0 Å². The SMILES string of the molecule is C[C@H](O)C[C@H]1COCCN1C(=O)NCc1c(F)cccc1F. The van der Waals surface area contributed by atoms with Gasteiger partial charge < -0.3 is 20.1 Å². The van der Waals surface area contributed by atoms with Crippen LogP contribution in [0.15, 0.2) is 18.2 Å². The van der Waals surface area contributed by atoms with Crippen molar-refractivity contribution < 1.29 is 23.4 Å². The van der Waals surface area contributed by atoms with Crippen molar-refractivity contribution in [1.29, 1.82) is 0 Å². The molecule has 0 bridgehead atoms. The third kappa shape index (κ3) is 4.14. The van der Waals surface area contributed by atoms with E-state index in [1.807, 2.05) is 0 Å². The van der Waals surface area contributed by atoms with Gasteiger partial charge in [0.1, 0.15) is 11.6 Å². The van der Waals surface area contributed by atoms with Crippen LogP contribution in [-0.2, 0) is 11.3 Å². The smallest absolute Gasteiger partial charge is 0.318 e. The van der Waals surface area contributed by atoms with E-state index in [2.05, 4.69) is 5.32 Å². The molecule has 5 nitrogen and oxygen atoms in total. The van der Waals surface area contributed by atoms with E-state index >= 15 is 0 Å². The molecule has 0 aliphatic carbocycles. The largest absolute Gasteiger partial charge is 0.393 e. The van der Waals surface area contributed by atoms with Crippen LogP contribution in [0, 0.1) is 11.6 Å². The fraction of sp³-hybridized carbons (Fsp3) is 0.533. The molecule has 0 aromatic heterocycles. The van der Waals surface area contributed by atoms with Crippen molar-refractivity contribution in [3.05, 3.63) is 35.4 Å². The minimum absolute atomic E-state index is 0.170. The number of hydrogen-bond acceptors (Lipinski definition) is 3. The van der Waals surface area contributed by atoms with E-state index in [4.69, 9.17) is 4.74 Å². The molecule has 7 heteroatoms. The highest BCUT2D eigenvalue weighted by molar-refractivity contribution is 5.74. The zero-order valence-electron chi connectivity index (χ0n) is 12.4. The van der Waals surface area contributed by atoms with Crippen molar-refractivity contribution in [2.24, 2.45) is 0 Å². The molecule has 1 aromatic carbocycles. The molecule has 2 N–H and O–H groups in total. The van der Waals surface area contributed by atoms with Crippen molar-refractivity contribution in [3.63, 3.8) is 0 Å². The second-order valence-electron chi connectivity index (χ2n) is 5.37. The number of carbonyl (C=O) groups excluding carboxylic acids is 1. The van der Waals surface area contributed by atoms with E-state index in [0.717, 1.165) is 12.1 Å². The number of rotatable bonds is 4. The van der Waals surface area contributed by atoms with E-state index in [1.165, 1.54) is 11.0 Å². The Morgan fingerprint density at radius 2 is 2.18 bits per heavy atom. The van der Waals surface area contributed by atoms with Crippen LogP contribution in [0.25, 0.3) is 0 Å². The first kappa shape index (κ1) is 16.6. The van der Waals surface area contributed by atoms with Crippen molar-refractivity contribution in [3.8, 4) is 0 Å². The second-order valence-corrected chi connectivity index (χ2v) is 5.37. The second kappa shape index (κ2) is 7.51. The summed E-state index contributed by atoms with van der Waals surface area (Å²) in [4.78, 5) is 13.8. The maximum Gasteiger partial charge on any atom is 0.318 e. The van der Waals surface area contributed by atoms with Crippen LogP contribution in [0.5, 0.6) is 0 Å². The maximum atomic E-state index is 13.5. The van der Waals surface area contributed by atoms with Gasteiger partial charge in [0.25, 0.3) is 0 Å². The number of morpholine rings is 1. The van der Waals surface area contributed by atoms with Gasteiger partial charge in [-0.15, -0.1) is 0 Å². The first-order valence-electron chi connectivity index (χ1n) is 7.22. The number of aliphatic hydroxyl groups excluding tert-OH is 1. The molecule has 2 amide bonds. The molecule has 22 heavy (non-hydrogen) atoms. The van der Waals surface area contributed by atoms with Crippen molar-refractivity contribution >= 4 is 6.03 Å². The third-order valence-electron chi connectivity index (χ3n) is 3.58. The highest BCUT2D eigenvalue weighted by Crippen LogP contribution is 2.15. The number of urea groups is 1. The van der Waals surface area contributed by atoms with E-state index in [-0.39, 0.29) is 18.2 Å². The van der Waals surface area contributed by atoms with Gasteiger partial charge in [-0.3, -0.25) is 0 Å². The van der Waals surface area contributed by atoms with Gasteiger partial charge in [-0.25, -0.2) is 13.6 Å². The number of nitrogens with one attached hydrogen (secondary N) is 1. The zero-order valence-corrected chi connectivity index (χ0v) is 12.4. The standard InChI is InChI=1S/C15H20F2N2O3/c1-10(20)7-11-9-22-6-5-19(11)15(21)18-8-12-13(16)3-2-4-14(12)17/h2-4,10-11,20H,5-9H2,1H3,(H,18,21)/t10-,11-/m0/s1. The molecule has 122 valence electrons. The van der Waals surface area contributed by atoms with Gasteiger partial charge in [0.05, 0.1) is 31.9 Å². The summed E-state index contributed by atoms with van der Waals surface area (Å²) in [6, 6.07) is 2.90. The predicted octanol–water partition coefficient (Wildman–Crippen LogP) is 1.65. The number of hydrogen-bond donors (Lipinski definition) is 2. The zero-order chi connectivity index (χ0) is 16.1. The fourth-order valence-corrected chi connectivity index (χ4v) is 2.48. The third-order valence-corrected chi connectivity index (χ3v) is 3.58. The topological polar surface area (TPSA) is 61.8 Å². The van der Waals surface area contributed by atoms with E-state index in [9.17, 15) is 18.7 Å². The summed E-state index contributed by atoms with van der Waals surface area (Å²) in [5.41, 5.74) is -0.170. The van der Waals surface area contributed by atoms with Gasteiger partial charge in [-0.2, -0.15) is 0 Å². The van der Waals surface area contributed by atoms with Crippen molar-refractivity contribution in [2.45, 2.75) is 32.0 Å². The molecule has 1 aromatic rings. The number of halogens is 2. The van der Waals surface area contributed by atoms with Gasteiger partial charge in [-0.05, 0) is 25.5 Å². The number of aliphatic hydroxyl groups is 1. The van der Waals surface area contributed by atoms with Gasteiger partial charge in [0, 0.05) is 12.1 Å². The summed E-state index contributed by atoms with van der Waals surface area (Å²) in [6.07, 6.45) is -0.174. The lowest BCUT2D eigenvalue weighted by Gasteiger charge is -2.36. The first-order valence-corrected chi connectivity index (χ1v) is 7.22. The molecule has 0 spiro atoms. The Balaban J connectivity index is 1.98. The van der Waals surface area contributed by atoms with Gasteiger partial charge in [-0.1, -0.05) is 6.07 Å². The summed E-state index contributed by atoms with van der Waals surface area (Å²) in [7, 11) is 0. The van der Waals surface area contributed by atoms with Crippen LogP contribution in [0.3, 0.4) is 0 Å². The first-order chi connectivity index (χ1) is 10.5. The van der Waals surface area contributed by atoms with Crippen LogP contribution < -0.4 is 5.32 Å². The molecule has 0 radical (unpaired) electrons. The molecular formula is C15H20F2N2O3. The monoisotopic (exact) mass is 314 g/mol. The van der Waals surface area contributed by atoms with Gasteiger partial charge >= 0.3 is 6.03 Å². The summed E-state index contributed by atoms with van der Waals surface area (Å²) in [6.45, 7) is 2.53. The Hall–Kier alpha value is -1.73. The molecule has 2 atom stereocenters. The molecule has 1 saturated heterocycles. The number of benzene rings is 1. The van der Waals surface area contributed by atoms with Gasteiger partial charge in [0.15, 0.2) is 0 Å². The minimum Gasteiger partial charge on any atom is -0.393 e. The molecule has 1 aliphatic rings. The normalized spacial score (nSPS) is 19.8. The Bertz CT molecular complexity index is 505. The summed E-state index contributed by atoms with van der Waals surface area (Å²) in [5.74, 6) is -1.38. The fourth-order valence-electron chi connectivity index (χ4n) is 2.48. The van der Waals surface area contributed by atoms with Crippen molar-refractivity contribution in [2.75, 3.05) is 19.8 Å². The van der Waals surface area contributed by atoms with Crippen molar-refractivity contribution in [1.82, 2.24) is 10.2 Å². The highest BCUT2D eigenvalue weighted by Gasteiger charge is 2.28. The molecule has 0 unspecified atom stereocenters. The summed E-state index contributed by atoms with van der Waals surface area (Å²) in [5, 5.41) is 12.0. The molecule has 1 fully saturated rings. The summed E-state index contributed by atoms with van der Waals surface area (Å²) < 4.78 is 32.4. The highest BCUT2D eigenvalue weighted by atomic mass is 19.1. The Morgan fingerprint density at radius 1 is 1.50 bits per heavy atom. The number of nitrogens with zero attached hydrogens (tertiary/aromatic N) is 1. The van der Waals surface area contributed by atoms with E-state index in [0.29, 0.717) is 26.2 Å². The Kier molecular flexibility index (Phi) is 5.68. The van der Waals surface area contributed by atoms with Crippen LogP contribution in [0.1, 0.15) is 18.9 Å². The summed E-state index contributed by atoms with van der Waals surface area (Å²) >= 11 is 0. The molecule has 1 heterocycles. The van der Waals surface area contributed by atoms with Crippen LogP contribution >= 0.6 is 0 Å². The Morgan fingerprint density at radius 3 is 2.82 bits per heavy atom. The Labute approximate surface area is 127 Å². The maximum absolute atomic E-state index is 13.5.